The van der Waals surface area contributed by atoms with Gasteiger partial charge in [0.25, 0.3) is 10.0 Å². The van der Waals surface area contributed by atoms with Crippen LogP contribution >= 0.6 is 11.3 Å². The molecule has 21 heavy (non-hydrogen) atoms. The van der Waals surface area contributed by atoms with Crippen molar-refractivity contribution in [3.63, 3.8) is 0 Å². The van der Waals surface area contributed by atoms with E-state index in [4.69, 9.17) is 10.8 Å². The van der Waals surface area contributed by atoms with Gasteiger partial charge in [-0.15, -0.1) is 11.3 Å². The minimum atomic E-state index is -4.10. The van der Waals surface area contributed by atoms with Gasteiger partial charge in [0, 0.05) is 6.04 Å². The third-order valence-electron chi connectivity index (χ3n) is 3.32. The highest BCUT2D eigenvalue weighted by atomic mass is 32.2. The second kappa shape index (κ2) is 6.08. The number of primary amides is 1. The minimum absolute atomic E-state index is 0.328. The Morgan fingerprint density at radius 1 is 1.43 bits per heavy atom. The number of hydrogen-bond donors (Lipinski definition) is 2. The smallest absolute Gasteiger partial charge is 0.356 e. The minimum Gasteiger partial charge on any atom is -0.476 e. The van der Waals surface area contributed by atoms with Crippen LogP contribution in [0.3, 0.4) is 0 Å². The van der Waals surface area contributed by atoms with Gasteiger partial charge in [-0.3, -0.25) is 4.79 Å². The van der Waals surface area contributed by atoms with Crippen molar-refractivity contribution in [2.24, 2.45) is 5.73 Å². The predicted octanol–water partition coefficient (Wildman–Crippen LogP) is 0.260. The molecule has 1 aromatic rings. The summed E-state index contributed by atoms with van der Waals surface area (Å²) in [4.78, 5) is 25.8. The molecule has 3 N–H and O–H groups in total. The third kappa shape index (κ3) is 3.22. The Morgan fingerprint density at radius 3 is 2.57 bits per heavy atom. The van der Waals surface area contributed by atoms with Crippen LogP contribution < -0.4 is 5.73 Å². The normalized spacial score (nSPS) is 16.4. The van der Waals surface area contributed by atoms with Gasteiger partial charge in [-0.05, 0) is 12.8 Å². The lowest BCUT2D eigenvalue weighted by molar-refractivity contribution is -0.118. The van der Waals surface area contributed by atoms with Gasteiger partial charge in [-0.25, -0.2) is 18.2 Å². The fourth-order valence-electron chi connectivity index (χ4n) is 2.42. The molecule has 0 spiro atoms. The van der Waals surface area contributed by atoms with Crippen LogP contribution in [0.2, 0.25) is 0 Å². The summed E-state index contributed by atoms with van der Waals surface area (Å²) in [6, 6.07) is -0.328. The number of aromatic carboxylic acids is 1. The molecule has 1 fully saturated rings. The zero-order chi connectivity index (χ0) is 15.6. The van der Waals surface area contributed by atoms with Crippen molar-refractivity contribution in [1.29, 1.82) is 0 Å². The van der Waals surface area contributed by atoms with Crippen molar-refractivity contribution in [3.8, 4) is 0 Å². The summed E-state index contributed by atoms with van der Waals surface area (Å²) in [5.41, 5.74) is 5.77. The molecule has 0 atom stereocenters. The number of amides is 1. The summed E-state index contributed by atoms with van der Waals surface area (Å²) in [5, 5.41) is 9.02. The fourth-order valence-corrected chi connectivity index (χ4v) is 5.33. The van der Waals surface area contributed by atoms with Crippen LogP contribution in [0, 0.1) is 0 Å². The average molecular weight is 333 g/mol. The van der Waals surface area contributed by atoms with E-state index in [9.17, 15) is 18.0 Å². The molecule has 0 unspecified atom stereocenters. The second-order valence-corrected chi connectivity index (χ2v) is 7.69. The highest BCUT2D eigenvalue weighted by Crippen LogP contribution is 2.31. The van der Waals surface area contributed by atoms with Crippen molar-refractivity contribution in [1.82, 2.24) is 9.29 Å². The Hall–Kier alpha value is -1.52. The summed E-state index contributed by atoms with van der Waals surface area (Å²) in [6.45, 7) is -0.454. The molecule has 1 aliphatic carbocycles. The van der Waals surface area contributed by atoms with E-state index in [2.05, 4.69) is 4.98 Å². The summed E-state index contributed by atoms with van der Waals surface area (Å²) in [5.74, 6) is -2.19. The predicted molar refractivity (Wildman–Crippen MR) is 74.4 cm³/mol. The van der Waals surface area contributed by atoms with Crippen LogP contribution in [0.5, 0.6) is 0 Å². The Labute approximate surface area is 125 Å². The van der Waals surface area contributed by atoms with Crippen LogP contribution in [0.4, 0.5) is 0 Å². The van der Waals surface area contributed by atoms with Gasteiger partial charge in [-0.1, -0.05) is 12.8 Å². The van der Waals surface area contributed by atoms with Gasteiger partial charge in [0.05, 0.1) is 12.1 Å². The topological polar surface area (TPSA) is 131 Å². The van der Waals surface area contributed by atoms with Gasteiger partial charge >= 0.3 is 5.97 Å². The Kier molecular flexibility index (Phi) is 4.59. The Bertz CT molecular complexity index is 649. The number of sulfonamides is 1. The summed E-state index contributed by atoms with van der Waals surface area (Å²) in [6.07, 6.45) is 3.00. The van der Waals surface area contributed by atoms with E-state index < -0.39 is 34.1 Å². The SMILES string of the molecule is NC(=O)CN(C1CCCC1)S(=O)(=O)c1scnc1C(=O)O. The molecular weight excluding hydrogens is 318 g/mol. The first-order valence-corrected chi connectivity index (χ1v) is 8.63. The van der Waals surface area contributed by atoms with Crippen LogP contribution in [0.1, 0.15) is 36.2 Å². The van der Waals surface area contributed by atoms with Crippen molar-refractivity contribution < 1.29 is 23.1 Å². The van der Waals surface area contributed by atoms with Gasteiger partial charge in [0.2, 0.25) is 5.91 Å². The molecule has 0 saturated heterocycles. The van der Waals surface area contributed by atoms with Crippen molar-refractivity contribution in [3.05, 3.63) is 11.2 Å². The standard InChI is InChI=1S/C11H15N3O5S2/c12-8(15)5-14(7-3-1-2-4-7)21(18,19)11-9(10(16)17)13-6-20-11/h6-7H,1-5H2,(H2,12,15)(H,16,17). The lowest BCUT2D eigenvalue weighted by Gasteiger charge is -2.26. The van der Waals surface area contributed by atoms with E-state index in [0.29, 0.717) is 12.8 Å². The van der Waals surface area contributed by atoms with Gasteiger partial charge in [0.1, 0.15) is 0 Å². The maximum absolute atomic E-state index is 12.7. The highest BCUT2D eigenvalue weighted by Gasteiger charge is 2.37. The van der Waals surface area contributed by atoms with E-state index in [-0.39, 0.29) is 10.3 Å². The molecule has 1 heterocycles. The maximum atomic E-state index is 12.7. The number of carbonyl (C=O) groups excluding carboxylic acids is 1. The Morgan fingerprint density at radius 2 is 2.05 bits per heavy atom. The summed E-state index contributed by atoms with van der Waals surface area (Å²) in [7, 11) is -4.10. The summed E-state index contributed by atoms with van der Waals surface area (Å²) >= 11 is 0.725. The van der Waals surface area contributed by atoms with Gasteiger partial charge in [0.15, 0.2) is 9.90 Å². The number of carbonyl (C=O) groups is 2. The first-order chi connectivity index (χ1) is 9.84. The maximum Gasteiger partial charge on any atom is 0.356 e. The number of hydrogen-bond acceptors (Lipinski definition) is 6. The molecule has 0 aliphatic heterocycles. The third-order valence-corrected chi connectivity index (χ3v) is 6.57. The molecule has 2 rings (SSSR count). The molecule has 1 saturated carbocycles. The molecule has 10 heteroatoms. The fraction of sp³-hybridized carbons (Fsp3) is 0.545. The zero-order valence-corrected chi connectivity index (χ0v) is 12.7. The van der Waals surface area contributed by atoms with Gasteiger partial charge < -0.3 is 10.8 Å². The van der Waals surface area contributed by atoms with Crippen LogP contribution in [0.15, 0.2) is 9.72 Å². The quantitative estimate of drug-likeness (QED) is 0.768. The van der Waals surface area contributed by atoms with Crippen molar-refractivity contribution >= 4 is 33.2 Å². The largest absolute Gasteiger partial charge is 0.476 e. The van der Waals surface area contributed by atoms with E-state index >= 15 is 0 Å². The molecule has 0 radical (unpaired) electrons. The molecule has 1 aliphatic rings. The first kappa shape index (κ1) is 15.9. The zero-order valence-electron chi connectivity index (χ0n) is 11.1. The first-order valence-electron chi connectivity index (χ1n) is 6.31. The molecular formula is C11H15N3O5S2. The van der Waals surface area contributed by atoms with Crippen molar-refractivity contribution in [2.75, 3.05) is 6.54 Å². The molecule has 0 aromatic carbocycles. The molecule has 116 valence electrons. The van der Waals surface area contributed by atoms with Crippen molar-refractivity contribution in [2.45, 2.75) is 35.9 Å². The lowest BCUT2D eigenvalue weighted by Crippen LogP contribution is -2.44. The highest BCUT2D eigenvalue weighted by molar-refractivity contribution is 7.91. The molecule has 1 amide bonds. The van der Waals surface area contributed by atoms with Crippen LogP contribution in [-0.4, -0.2) is 47.3 Å². The number of thiazole rings is 1. The van der Waals surface area contributed by atoms with E-state index in [0.717, 1.165) is 34.0 Å². The monoisotopic (exact) mass is 333 g/mol. The summed E-state index contributed by atoms with van der Waals surface area (Å²) < 4.78 is 26.0. The molecule has 8 nitrogen and oxygen atoms in total. The number of nitrogens with two attached hydrogens (primary N) is 1. The lowest BCUT2D eigenvalue weighted by atomic mass is 10.2. The number of aromatic nitrogens is 1. The average Bonchev–Trinajstić information content (AvgIpc) is 3.06. The number of nitrogens with zero attached hydrogens (tertiary/aromatic N) is 2. The van der Waals surface area contributed by atoms with Gasteiger partial charge in [-0.2, -0.15) is 4.31 Å². The molecule has 0 bridgehead atoms. The Balaban J connectivity index is 2.43. The molecule has 1 aromatic heterocycles. The number of carboxylic acids is 1. The van der Waals surface area contributed by atoms with E-state index in [1.807, 2.05) is 0 Å². The van der Waals surface area contributed by atoms with E-state index in [1.54, 1.807) is 0 Å². The van der Waals surface area contributed by atoms with E-state index in [1.165, 1.54) is 0 Å². The van der Waals surface area contributed by atoms with Crippen LogP contribution in [-0.2, 0) is 14.8 Å². The number of rotatable bonds is 6. The number of carboxylic acid groups (broad SMARTS) is 1. The second-order valence-electron chi connectivity index (χ2n) is 4.75. The van der Waals surface area contributed by atoms with Crippen LogP contribution in [0.25, 0.3) is 0 Å².